The van der Waals surface area contributed by atoms with Crippen LogP contribution in [-0.4, -0.2) is 14.5 Å². The summed E-state index contributed by atoms with van der Waals surface area (Å²) in [7, 11) is 0. The average molecular weight is 491 g/mol. The van der Waals surface area contributed by atoms with E-state index in [0.29, 0.717) is 30.1 Å². The Hall–Kier alpha value is -3.24. The Kier molecular flexibility index (Phi) is 5.18. The largest absolute Gasteiger partial charge is 0.315 e. The molecule has 0 atom stereocenters. The first-order valence-electron chi connectivity index (χ1n) is 10.8. The molecule has 0 spiro atoms. The Morgan fingerprint density at radius 2 is 2.03 bits per heavy atom. The lowest BCUT2D eigenvalue weighted by Crippen LogP contribution is -2.07. The summed E-state index contributed by atoms with van der Waals surface area (Å²) in [6, 6.07) is 15.5. The lowest BCUT2D eigenvalue weighted by atomic mass is 10.0. The van der Waals surface area contributed by atoms with Gasteiger partial charge in [0.25, 0.3) is 5.69 Å². The van der Waals surface area contributed by atoms with E-state index in [-0.39, 0.29) is 10.6 Å². The van der Waals surface area contributed by atoms with Crippen LogP contribution in [0.2, 0.25) is 0 Å². The number of hydrogen-bond acceptors (Lipinski definition) is 4. The molecule has 7 heteroatoms. The predicted molar refractivity (Wildman–Crippen MR) is 126 cm³/mol. The highest BCUT2D eigenvalue weighted by molar-refractivity contribution is 9.15. The van der Waals surface area contributed by atoms with Crippen molar-refractivity contribution in [1.29, 1.82) is 5.26 Å². The number of allylic oxidation sites excluding steroid dienone is 1. The Morgan fingerprint density at radius 3 is 2.72 bits per heavy atom. The van der Waals surface area contributed by atoms with Crippen molar-refractivity contribution in [3.05, 3.63) is 92.0 Å². The highest BCUT2D eigenvalue weighted by atomic mass is 79.9. The summed E-state index contributed by atoms with van der Waals surface area (Å²) >= 11 is 3.72. The van der Waals surface area contributed by atoms with Crippen molar-refractivity contribution in [2.24, 2.45) is 0 Å². The molecule has 0 amide bonds. The maximum Gasteiger partial charge on any atom is 0.276 e. The number of hydrogen-bond donors (Lipinski definition) is 0. The number of aryl methyl sites for hydroxylation is 1. The van der Waals surface area contributed by atoms with Gasteiger partial charge in [-0.05, 0) is 63.2 Å². The van der Waals surface area contributed by atoms with Crippen molar-refractivity contribution in [2.75, 3.05) is 0 Å². The number of nitro benzene ring substituents is 1. The molecule has 2 aromatic carbocycles. The molecule has 2 aliphatic carbocycles. The molecule has 6 nitrogen and oxygen atoms in total. The van der Waals surface area contributed by atoms with Crippen LogP contribution in [0.25, 0.3) is 10.1 Å². The zero-order chi connectivity index (χ0) is 22.4. The van der Waals surface area contributed by atoms with Crippen LogP contribution < -0.4 is 0 Å². The quantitative estimate of drug-likeness (QED) is 0.314. The molecule has 3 aromatic rings. The highest BCUT2D eigenvalue weighted by Crippen LogP contribution is 2.45. The van der Waals surface area contributed by atoms with E-state index in [9.17, 15) is 15.4 Å². The summed E-state index contributed by atoms with van der Waals surface area (Å²) in [6.07, 6.45) is 3.64. The zero-order valence-electron chi connectivity index (χ0n) is 17.6. The van der Waals surface area contributed by atoms with Gasteiger partial charge in [-0.2, -0.15) is 5.26 Å². The van der Waals surface area contributed by atoms with Crippen LogP contribution in [0.5, 0.6) is 0 Å². The number of nitro groups is 1. The lowest BCUT2D eigenvalue weighted by Gasteiger charge is -2.10. The molecule has 1 saturated carbocycles. The molecule has 0 unspecified atom stereocenters. The van der Waals surface area contributed by atoms with Crippen molar-refractivity contribution in [2.45, 2.75) is 45.1 Å². The van der Waals surface area contributed by atoms with Crippen molar-refractivity contribution >= 4 is 31.7 Å². The molecule has 0 saturated heterocycles. The smallest absolute Gasteiger partial charge is 0.276 e. The topological polar surface area (TPSA) is 84.8 Å². The lowest BCUT2D eigenvalue weighted by molar-refractivity contribution is -0.385. The van der Waals surface area contributed by atoms with Gasteiger partial charge in [-0.15, -0.1) is 0 Å². The minimum atomic E-state index is -0.330. The summed E-state index contributed by atoms with van der Waals surface area (Å²) in [4.78, 5) is 16.0. The number of aromatic nitrogens is 2. The summed E-state index contributed by atoms with van der Waals surface area (Å²) in [5.74, 6) is 1.37. The van der Waals surface area contributed by atoms with Crippen LogP contribution >= 0.6 is 15.9 Å². The van der Waals surface area contributed by atoms with E-state index in [1.165, 1.54) is 0 Å². The number of nitriles is 1. The van der Waals surface area contributed by atoms with Crippen molar-refractivity contribution < 1.29 is 4.92 Å². The minimum Gasteiger partial charge on any atom is -0.315 e. The fourth-order valence-electron chi connectivity index (χ4n) is 4.51. The summed E-state index contributed by atoms with van der Waals surface area (Å²) < 4.78 is 2.94. The van der Waals surface area contributed by atoms with E-state index < -0.39 is 0 Å². The molecular weight excluding hydrogens is 470 g/mol. The number of halogens is 1. The molecule has 2 aliphatic rings. The third kappa shape index (κ3) is 3.45. The van der Waals surface area contributed by atoms with Crippen LogP contribution in [0.1, 0.15) is 65.1 Å². The number of nitrogens with zero attached hydrogens (tertiary/aromatic N) is 4. The van der Waals surface area contributed by atoms with Crippen LogP contribution in [0.3, 0.4) is 0 Å². The molecule has 160 valence electrons. The molecule has 0 bridgehead atoms. The second kappa shape index (κ2) is 8.03. The third-order valence-corrected chi connectivity index (χ3v) is 7.18. The zero-order valence-corrected chi connectivity index (χ0v) is 19.2. The van der Waals surface area contributed by atoms with Crippen molar-refractivity contribution in [3.8, 4) is 6.07 Å². The van der Waals surface area contributed by atoms with Crippen LogP contribution in [0.4, 0.5) is 5.69 Å². The molecule has 32 heavy (non-hydrogen) atoms. The van der Waals surface area contributed by atoms with Gasteiger partial charge in [0.05, 0.1) is 22.7 Å². The first-order chi connectivity index (χ1) is 15.5. The average Bonchev–Trinajstić information content (AvgIpc) is 3.52. The highest BCUT2D eigenvalue weighted by Gasteiger charge is 2.31. The second-order valence-electron chi connectivity index (χ2n) is 8.32. The first-order valence-corrected chi connectivity index (χ1v) is 11.5. The Bertz CT molecular complexity index is 1330. The number of rotatable bonds is 6. The van der Waals surface area contributed by atoms with Crippen molar-refractivity contribution in [3.63, 3.8) is 0 Å². The maximum absolute atomic E-state index is 11.5. The number of imidazole rings is 1. The predicted octanol–water partition coefficient (Wildman–Crippen LogP) is 5.97. The van der Waals surface area contributed by atoms with Gasteiger partial charge in [0, 0.05) is 29.3 Å². The third-order valence-electron chi connectivity index (χ3n) is 6.27. The molecular formula is C25H21BrN4O2. The maximum atomic E-state index is 11.5. The molecule has 5 rings (SSSR count). The molecule has 1 heterocycles. The van der Waals surface area contributed by atoms with Gasteiger partial charge in [0.1, 0.15) is 17.6 Å². The van der Waals surface area contributed by atoms with E-state index in [0.717, 1.165) is 57.5 Å². The fourth-order valence-corrected chi connectivity index (χ4v) is 5.24. The Balaban J connectivity index is 1.52. The van der Waals surface area contributed by atoms with Gasteiger partial charge >= 0.3 is 0 Å². The van der Waals surface area contributed by atoms with E-state index in [4.69, 9.17) is 4.98 Å². The molecule has 1 fully saturated rings. The fraction of sp³-hybridized carbons (Fsp3) is 0.280. The van der Waals surface area contributed by atoms with Crippen LogP contribution in [0, 0.1) is 21.4 Å². The minimum absolute atomic E-state index is 0.116. The number of benzene rings is 2. The standard InChI is InChI=1S/C25H21BrN4O2/c1-2-23-28-25(16-9-10-16)22(13-27)29(23)14-15-7-8-17-12-20(24(26)19(17)11-15)18-5-3-4-6-21(18)30(31)32/h3-8,11,16H,2,9-10,12,14H2,1H3/i13+2. The summed E-state index contributed by atoms with van der Waals surface area (Å²) in [5.41, 5.74) is 6.58. The van der Waals surface area contributed by atoms with Gasteiger partial charge in [-0.1, -0.05) is 31.2 Å². The van der Waals surface area contributed by atoms with E-state index in [1.54, 1.807) is 18.2 Å². The summed E-state index contributed by atoms with van der Waals surface area (Å²) in [6.45, 7) is 2.65. The van der Waals surface area contributed by atoms with E-state index >= 15 is 0 Å². The molecule has 1 aromatic heterocycles. The van der Waals surface area contributed by atoms with Crippen LogP contribution in [0.15, 0.2) is 42.5 Å². The normalized spacial score (nSPS) is 15.0. The Labute approximate surface area is 194 Å². The monoisotopic (exact) mass is 490 g/mol. The number of para-hydroxylation sites is 1. The van der Waals surface area contributed by atoms with Gasteiger partial charge in [-0.3, -0.25) is 10.1 Å². The van der Waals surface area contributed by atoms with Crippen molar-refractivity contribution in [1.82, 2.24) is 9.55 Å². The summed E-state index contributed by atoms with van der Waals surface area (Å²) in [5, 5.41) is 21.3. The molecule has 0 N–H and O–H groups in total. The molecule has 0 radical (unpaired) electrons. The van der Waals surface area contributed by atoms with Gasteiger partial charge in [0.15, 0.2) is 0 Å². The Morgan fingerprint density at radius 1 is 1.25 bits per heavy atom. The SMILES string of the molecule is CCc1nc(C2CC2)c([14C]#N)n1Cc1ccc2c(c1)C(Br)=C(c1ccccc1[N+](=O)[O-])C2. The van der Waals surface area contributed by atoms with E-state index in [1.807, 2.05) is 10.6 Å². The van der Waals surface area contributed by atoms with Crippen LogP contribution in [-0.2, 0) is 19.4 Å². The van der Waals surface area contributed by atoms with Gasteiger partial charge in [0.2, 0.25) is 0 Å². The number of fused-ring (bicyclic) bond motifs is 1. The second-order valence-corrected chi connectivity index (χ2v) is 9.12. The van der Waals surface area contributed by atoms with Gasteiger partial charge < -0.3 is 4.57 Å². The molecule has 0 aliphatic heterocycles. The first kappa shape index (κ1) is 20.7. The van der Waals surface area contributed by atoms with E-state index in [2.05, 4.69) is 47.1 Å². The van der Waals surface area contributed by atoms with Gasteiger partial charge in [-0.25, -0.2) is 4.98 Å².